The molecule has 0 bridgehead atoms. The van der Waals surface area contributed by atoms with E-state index < -0.39 is 23.8 Å². The predicted molar refractivity (Wildman–Crippen MR) is 127 cm³/mol. The molecule has 3 N–H and O–H groups in total. The highest BCUT2D eigenvalue weighted by Crippen LogP contribution is 2.34. The number of halogens is 2. The third-order valence-electron chi connectivity index (χ3n) is 6.08. The van der Waals surface area contributed by atoms with Gasteiger partial charge in [0.1, 0.15) is 11.6 Å². The van der Waals surface area contributed by atoms with Crippen molar-refractivity contribution in [2.24, 2.45) is 5.92 Å². The zero-order valence-corrected chi connectivity index (χ0v) is 19.9. The number of fused-ring (bicyclic) bond motifs is 1. The van der Waals surface area contributed by atoms with Crippen LogP contribution in [-0.4, -0.2) is 43.3 Å². The lowest BCUT2D eigenvalue weighted by Gasteiger charge is -2.35. The van der Waals surface area contributed by atoms with Gasteiger partial charge in [0.25, 0.3) is 0 Å². The highest BCUT2D eigenvalue weighted by Gasteiger charge is 2.26. The number of anilines is 1. The lowest BCUT2D eigenvalue weighted by atomic mass is 9.92. The van der Waals surface area contributed by atoms with Gasteiger partial charge in [0.05, 0.1) is 12.1 Å². The molecule has 3 rings (SSSR count). The van der Waals surface area contributed by atoms with Crippen molar-refractivity contribution in [2.45, 2.75) is 58.2 Å². The molecule has 0 unspecified atom stereocenters. The second kappa shape index (κ2) is 11.1. The maximum absolute atomic E-state index is 13.6. The van der Waals surface area contributed by atoms with E-state index in [1.165, 1.54) is 35.9 Å². The minimum Gasteiger partial charge on any atom is -0.390 e. The number of amides is 1. The molecular formula is C26H35F2N3O2. The number of rotatable bonds is 9. The summed E-state index contributed by atoms with van der Waals surface area (Å²) in [6.45, 7) is 6.89. The van der Waals surface area contributed by atoms with Gasteiger partial charge in [-0.2, -0.15) is 0 Å². The molecule has 0 saturated carbocycles. The van der Waals surface area contributed by atoms with E-state index >= 15 is 0 Å². The van der Waals surface area contributed by atoms with E-state index in [9.17, 15) is 18.7 Å². The minimum atomic E-state index is -0.929. The van der Waals surface area contributed by atoms with Gasteiger partial charge in [-0.3, -0.25) is 4.79 Å². The monoisotopic (exact) mass is 459 g/mol. The van der Waals surface area contributed by atoms with Gasteiger partial charge in [-0.25, -0.2) is 8.78 Å². The maximum atomic E-state index is 13.6. The summed E-state index contributed by atoms with van der Waals surface area (Å²) in [4.78, 5) is 14.0. The van der Waals surface area contributed by atoms with Gasteiger partial charge >= 0.3 is 0 Å². The molecule has 1 amide bonds. The second-order valence-corrected chi connectivity index (χ2v) is 9.52. The highest BCUT2D eigenvalue weighted by molar-refractivity contribution is 5.73. The van der Waals surface area contributed by atoms with Gasteiger partial charge < -0.3 is 20.6 Å². The van der Waals surface area contributed by atoms with Crippen molar-refractivity contribution in [3.05, 3.63) is 64.7 Å². The third-order valence-corrected chi connectivity index (χ3v) is 6.08. The summed E-state index contributed by atoms with van der Waals surface area (Å²) >= 11 is 0. The number of benzene rings is 2. The summed E-state index contributed by atoms with van der Waals surface area (Å²) in [6, 6.07) is 9.24. The Morgan fingerprint density at radius 2 is 1.82 bits per heavy atom. The Balaban J connectivity index is 1.72. The number of nitrogens with one attached hydrogen (secondary N) is 2. The Bertz CT molecular complexity index is 946. The van der Waals surface area contributed by atoms with Crippen LogP contribution < -0.4 is 15.5 Å². The van der Waals surface area contributed by atoms with Crippen molar-refractivity contribution in [1.29, 1.82) is 0 Å². The van der Waals surface area contributed by atoms with Gasteiger partial charge in [-0.1, -0.05) is 26.0 Å². The van der Waals surface area contributed by atoms with Crippen molar-refractivity contribution in [3.8, 4) is 0 Å². The first-order valence-corrected chi connectivity index (χ1v) is 11.6. The molecule has 180 valence electrons. The van der Waals surface area contributed by atoms with E-state index in [4.69, 9.17) is 0 Å². The molecule has 0 radical (unpaired) electrons. The van der Waals surface area contributed by atoms with Crippen LogP contribution in [0, 0.1) is 17.6 Å². The van der Waals surface area contributed by atoms with Crippen LogP contribution in [0.15, 0.2) is 36.4 Å². The van der Waals surface area contributed by atoms with Crippen molar-refractivity contribution in [1.82, 2.24) is 10.6 Å². The lowest BCUT2D eigenvalue weighted by molar-refractivity contribution is -0.120. The van der Waals surface area contributed by atoms with Gasteiger partial charge in [0.15, 0.2) is 0 Å². The molecule has 33 heavy (non-hydrogen) atoms. The number of hydrogen-bond acceptors (Lipinski definition) is 4. The van der Waals surface area contributed by atoms with Crippen LogP contribution in [0.25, 0.3) is 0 Å². The summed E-state index contributed by atoms with van der Waals surface area (Å²) < 4.78 is 27.2. The summed E-state index contributed by atoms with van der Waals surface area (Å²) in [5.74, 6) is -1.11. The van der Waals surface area contributed by atoms with E-state index in [0.717, 1.165) is 25.5 Å². The molecule has 1 aliphatic rings. The molecule has 0 aromatic heterocycles. The lowest BCUT2D eigenvalue weighted by Crippen LogP contribution is -2.49. The SMILES string of the molecule is CC(=O)N[C@@H](Cc1cc(F)cc(F)c1)[C@H](O)CN[C@H]1CCN(C)c2ccc(CC(C)C)cc21. The fourth-order valence-electron chi connectivity index (χ4n) is 4.57. The smallest absolute Gasteiger partial charge is 0.217 e. The van der Waals surface area contributed by atoms with Gasteiger partial charge in [0, 0.05) is 44.9 Å². The summed E-state index contributed by atoms with van der Waals surface area (Å²) in [6.07, 6.45) is 1.09. The van der Waals surface area contributed by atoms with E-state index in [0.29, 0.717) is 11.5 Å². The molecule has 0 fully saturated rings. The van der Waals surface area contributed by atoms with Crippen molar-refractivity contribution in [3.63, 3.8) is 0 Å². The average molecular weight is 460 g/mol. The van der Waals surface area contributed by atoms with Crippen molar-refractivity contribution < 1.29 is 18.7 Å². The first-order chi connectivity index (χ1) is 15.6. The van der Waals surface area contributed by atoms with E-state index in [1.807, 2.05) is 0 Å². The van der Waals surface area contributed by atoms with Crippen molar-refractivity contribution in [2.75, 3.05) is 25.0 Å². The van der Waals surface area contributed by atoms with Crippen LogP contribution in [0.1, 0.15) is 49.9 Å². The predicted octanol–water partition coefficient (Wildman–Crippen LogP) is 3.74. The van der Waals surface area contributed by atoms with Gasteiger partial charge in [0.2, 0.25) is 5.91 Å². The Labute approximate surface area is 195 Å². The van der Waals surface area contributed by atoms with E-state index in [1.54, 1.807) is 0 Å². The van der Waals surface area contributed by atoms with E-state index in [2.05, 4.69) is 54.6 Å². The van der Waals surface area contributed by atoms with Crippen LogP contribution in [0.2, 0.25) is 0 Å². The van der Waals surface area contributed by atoms with Crippen LogP contribution in [0.5, 0.6) is 0 Å². The van der Waals surface area contributed by atoms with Crippen LogP contribution in [0.3, 0.4) is 0 Å². The van der Waals surface area contributed by atoms with Gasteiger partial charge in [-0.05, 0) is 60.1 Å². The standard InChI is InChI=1S/C26H35F2N3O2/c1-16(2)9-18-5-6-25-22(12-18)23(7-8-31(25)4)29-15-26(33)24(30-17(3)32)13-19-10-20(27)14-21(28)11-19/h5-6,10-12,14,16,23-24,26,29,33H,7-9,13,15H2,1-4H3,(H,30,32)/t23-,24-,26+/m0/s1. The molecule has 0 spiro atoms. The Kier molecular flexibility index (Phi) is 8.43. The number of aliphatic hydroxyl groups is 1. The Hall–Kier alpha value is -2.51. The zero-order valence-electron chi connectivity index (χ0n) is 19.9. The number of hydrogen-bond donors (Lipinski definition) is 3. The number of carbonyl (C=O) groups is 1. The quantitative estimate of drug-likeness (QED) is 0.535. The molecule has 2 aromatic rings. The molecule has 7 heteroatoms. The van der Waals surface area contributed by atoms with Crippen LogP contribution in [-0.2, 0) is 17.6 Å². The first-order valence-electron chi connectivity index (χ1n) is 11.6. The second-order valence-electron chi connectivity index (χ2n) is 9.52. The molecule has 5 nitrogen and oxygen atoms in total. The fourth-order valence-corrected chi connectivity index (χ4v) is 4.57. The molecular weight excluding hydrogens is 424 g/mol. The molecule has 0 saturated heterocycles. The molecule has 1 aliphatic heterocycles. The normalized spacial score (nSPS) is 17.6. The maximum Gasteiger partial charge on any atom is 0.217 e. The van der Waals surface area contributed by atoms with Gasteiger partial charge in [-0.15, -0.1) is 0 Å². The van der Waals surface area contributed by atoms with Crippen LogP contribution >= 0.6 is 0 Å². The van der Waals surface area contributed by atoms with Crippen molar-refractivity contribution >= 4 is 11.6 Å². The minimum absolute atomic E-state index is 0.0718. The largest absolute Gasteiger partial charge is 0.390 e. The third kappa shape index (κ3) is 6.98. The summed E-state index contributed by atoms with van der Waals surface area (Å²) in [7, 11) is 2.08. The van der Waals surface area contributed by atoms with Crippen LogP contribution in [0.4, 0.5) is 14.5 Å². The fraction of sp³-hybridized carbons (Fsp3) is 0.500. The number of carbonyl (C=O) groups excluding carboxylic acids is 1. The number of nitrogens with zero attached hydrogens (tertiary/aromatic N) is 1. The molecule has 2 aromatic carbocycles. The summed E-state index contributed by atoms with van der Waals surface area (Å²) in [5, 5.41) is 17.1. The Morgan fingerprint density at radius 3 is 2.45 bits per heavy atom. The average Bonchev–Trinajstić information content (AvgIpc) is 2.71. The molecule has 3 atom stereocenters. The molecule has 1 heterocycles. The summed E-state index contributed by atoms with van der Waals surface area (Å²) in [5.41, 5.74) is 4.05. The van der Waals surface area contributed by atoms with E-state index in [-0.39, 0.29) is 24.9 Å². The zero-order chi connectivity index (χ0) is 24.1. The molecule has 0 aliphatic carbocycles. The highest BCUT2D eigenvalue weighted by atomic mass is 19.1. The topological polar surface area (TPSA) is 64.6 Å². The Morgan fingerprint density at radius 1 is 1.12 bits per heavy atom. The number of aliphatic hydroxyl groups excluding tert-OH is 1. The first kappa shape index (κ1) is 25.1.